The Morgan fingerprint density at radius 1 is 1.00 bits per heavy atom. The number of hydrogen-bond acceptors (Lipinski definition) is 1. The van der Waals surface area contributed by atoms with E-state index in [4.69, 9.17) is 4.98 Å². The van der Waals surface area contributed by atoms with Crippen LogP contribution in [-0.4, -0.2) is 9.38 Å². The Bertz CT molecular complexity index is 749. The van der Waals surface area contributed by atoms with Gasteiger partial charge < -0.3 is 0 Å². The molecule has 0 saturated carbocycles. The molecule has 0 atom stereocenters. The van der Waals surface area contributed by atoms with E-state index in [2.05, 4.69) is 61.0 Å². The molecular weight excluding hydrogens is 312 g/mol. The van der Waals surface area contributed by atoms with Crippen LogP contribution in [0.15, 0.2) is 53.3 Å². The first kappa shape index (κ1) is 13.4. The summed E-state index contributed by atoms with van der Waals surface area (Å²) < 4.78 is 3.05. The van der Waals surface area contributed by atoms with Crippen molar-refractivity contribution in [3.05, 3.63) is 58.8 Å². The minimum Gasteiger partial charge on any atom is -0.294 e. The van der Waals surface area contributed by atoms with E-state index in [0.29, 0.717) is 0 Å². The molecule has 0 aliphatic heterocycles. The number of hydrogen-bond donors (Lipinski definition) is 0. The molecule has 0 unspecified atom stereocenters. The monoisotopic (exact) mass is 328 g/mol. The zero-order valence-electron chi connectivity index (χ0n) is 11.9. The van der Waals surface area contributed by atoms with Gasteiger partial charge in [-0.25, -0.2) is 4.98 Å². The number of pyridine rings is 1. The first-order valence-corrected chi connectivity index (χ1v) is 7.49. The minimum atomic E-state index is 0.175. The van der Waals surface area contributed by atoms with Crippen LogP contribution in [0.4, 0.5) is 0 Å². The maximum atomic E-state index is 4.69. The summed E-state index contributed by atoms with van der Waals surface area (Å²) in [5.74, 6) is 0. The standard InChI is InChI=1S/C17H17BrN2/c1-17(2,3)13-9-7-12(8-10-13)15-16(18)20-11-5-4-6-14(20)19-15/h4-11H,1-3H3. The Balaban J connectivity index is 2.09. The summed E-state index contributed by atoms with van der Waals surface area (Å²) in [7, 11) is 0. The molecule has 102 valence electrons. The van der Waals surface area contributed by atoms with Gasteiger partial charge in [-0.1, -0.05) is 51.1 Å². The predicted octanol–water partition coefficient (Wildman–Crippen LogP) is 5.06. The van der Waals surface area contributed by atoms with Gasteiger partial charge in [-0.2, -0.15) is 0 Å². The average molecular weight is 329 g/mol. The molecule has 0 fully saturated rings. The molecule has 3 rings (SSSR count). The van der Waals surface area contributed by atoms with Crippen LogP contribution in [0.1, 0.15) is 26.3 Å². The smallest absolute Gasteiger partial charge is 0.138 e. The fraction of sp³-hybridized carbons (Fsp3) is 0.235. The van der Waals surface area contributed by atoms with Gasteiger partial charge >= 0.3 is 0 Å². The van der Waals surface area contributed by atoms with Crippen molar-refractivity contribution in [3.8, 4) is 11.3 Å². The molecule has 1 aromatic carbocycles. The lowest BCUT2D eigenvalue weighted by molar-refractivity contribution is 0.590. The lowest BCUT2D eigenvalue weighted by atomic mass is 9.86. The minimum absolute atomic E-state index is 0.175. The van der Waals surface area contributed by atoms with Crippen LogP contribution in [0.25, 0.3) is 16.9 Å². The third kappa shape index (κ3) is 2.27. The highest BCUT2D eigenvalue weighted by atomic mass is 79.9. The largest absolute Gasteiger partial charge is 0.294 e. The van der Waals surface area contributed by atoms with E-state index in [-0.39, 0.29) is 5.41 Å². The van der Waals surface area contributed by atoms with Gasteiger partial charge in [0, 0.05) is 11.8 Å². The summed E-state index contributed by atoms with van der Waals surface area (Å²) >= 11 is 3.65. The summed E-state index contributed by atoms with van der Waals surface area (Å²) in [6.45, 7) is 6.68. The second kappa shape index (κ2) is 4.74. The summed E-state index contributed by atoms with van der Waals surface area (Å²) in [6.07, 6.45) is 2.01. The number of fused-ring (bicyclic) bond motifs is 1. The van der Waals surface area contributed by atoms with Crippen molar-refractivity contribution >= 4 is 21.6 Å². The first-order chi connectivity index (χ1) is 9.47. The van der Waals surface area contributed by atoms with Gasteiger partial charge in [0.05, 0.1) is 0 Å². The molecule has 2 aromatic heterocycles. The average Bonchev–Trinajstić information content (AvgIpc) is 2.76. The molecule has 0 spiro atoms. The topological polar surface area (TPSA) is 17.3 Å². The third-order valence-corrected chi connectivity index (χ3v) is 4.25. The zero-order chi connectivity index (χ0) is 14.3. The van der Waals surface area contributed by atoms with Crippen molar-refractivity contribution in [1.29, 1.82) is 0 Å². The van der Waals surface area contributed by atoms with Gasteiger partial charge in [-0.05, 0) is 39.0 Å². The molecule has 0 bridgehead atoms. The molecule has 3 aromatic rings. The van der Waals surface area contributed by atoms with Crippen LogP contribution in [0.3, 0.4) is 0 Å². The van der Waals surface area contributed by atoms with Crippen LogP contribution in [-0.2, 0) is 5.41 Å². The molecule has 0 radical (unpaired) electrons. The van der Waals surface area contributed by atoms with Crippen molar-refractivity contribution in [1.82, 2.24) is 9.38 Å². The van der Waals surface area contributed by atoms with Gasteiger partial charge in [0.25, 0.3) is 0 Å². The number of halogens is 1. The third-order valence-electron chi connectivity index (χ3n) is 3.50. The molecule has 2 nitrogen and oxygen atoms in total. The normalized spacial score (nSPS) is 12.0. The highest BCUT2D eigenvalue weighted by Crippen LogP contribution is 2.30. The molecule has 0 N–H and O–H groups in total. The Hall–Kier alpha value is -1.61. The van der Waals surface area contributed by atoms with Gasteiger partial charge in [0.15, 0.2) is 0 Å². The molecule has 0 aliphatic rings. The zero-order valence-corrected chi connectivity index (χ0v) is 13.5. The Morgan fingerprint density at radius 2 is 1.70 bits per heavy atom. The van der Waals surface area contributed by atoms with Crippen LogP contribution in [0.5, 0.6) is 0 Å². The SMILES string of the molecule is CC(C)(C)c1ccc(-c2nc3ccccn3c2Br)cc1. The number of rotatable bonds is 1. The fourth-order valence-corrected chi connectivity index (χ4v) is 2.90. The van der Waals surface area contributed by atoms with E-state index in [0.717, 1.165) is 21.5 Å². The molecule has 0 aliphatic carbocycles. The van der Waals surface area contributed by atoms with Crippen LogP contribution in [0, 0.1) is 0 Å². The molecule has 2 heterocycles. The van der Waals surface area contributed by atoms with Gasteiger partial charge in [0.1, 0.15) is 15.9 Å². The van der Waals surface area contributed by atoms with Gasteiger partial charge in [0.2, 0.25) is 0 Å². The lowest BCUT2D eigenvalue weighted by Gasteiger charge is -2.18. The van der Waals surface area contributed by atoms with Crippen molar-refractivity contribution in [3.63, 3.8) is 0 Å². The first-order valence-electron chi connectivity index (χ1n) is 6.70. The number of aromatic nitrogens is 2. The Kier molecular flexibility index (Phi) is 3.17. The summed E-state index contributed by atoms with van der Waals surface area (Å²) in [4.78, 5) is 4.69. The van der Waals surface area contributed by atoms with Crippen LogP contribution < -0.4 is 0 Å². The van der Waals surface area contributed by atoms with Crippen molar-refractivity contribution < 1.29 is 0 Å². The van der Waals surface area contributed by atoms with Crippen LogP contribution >= 0.6 is 15.9 Å². The Labute approximate surface area is 127 Å². The summed E-state index contributed by atoms with van der Waals surface area (Å²) in [5.41, 5.74) is 4.58. The Morgan fingerprint density at radius 3 is 2.30 bits per heavy atom. The number of benzene rings is 1. The lowest BCUT2D eigenvalue weighted by Crippen LogP contribution is -2.10. The fourth-order valence-electron chi connectivity index (χ4n) is 2.28. The quantitative estimate of drug-likeness (QED) is 0.610. The van der Waals surface area contributed by atoms with E-state index < -0.39 is 0 Å². The maximum absolute atomic E-state index is 4.69. The highest BCUT2D eigenvalue weighted by molar-refractivity contribution is 9.10. The maximum Gasteiger partial charge on any atom is 0.138 e. The molecule has 0 saturated heterocycles. The molecule has 20 heavy (non-hydrogen) atoms. The van der Waals surface area contributed by atoms with E-state index in [1.807, 2.05) is 28.8 Å². The highest BCUT2D eigenvalue weighted by Gasteiger charge is 2.15. The van der Waals surface area contributed by atoms with E-state index in [1.54, 1.807) is 0 Å². The van der Waals surface area contributed by atoms with E-state index >= 15 is 0 Å². The molecule has 3 heteroatoms. The van der Waals surface area contributed by atoms with Crippen molar-refractivity contribution in [2.24, 2.45) is 0 Å². The van der Waals surface area contributed by atoms with Crippen molar-refractivity contribution in [2.45, 2.75) is 26.2 Å². The van der Waals surface area contributed by atoms with E-state index in [9.17, 15) is 0 Å². The summed E-state index contributed by atoms with van der Waals surface area (Å²) in [6, 6.07) is 14.7. The van der Waals surface area contributed by atoms with E-state index in [1.165, 1.54) is 5.56 Å². The summed E-state index contributed by atoms with van der Waals surface area (Å²) in [5, 5.41) is 0. The predicted molar refractivity (Wildman–Crippen MR) is 87.0 cm³/mol. The van der Waals surface area contributed by atoms with Gasteiger partial charge in [-0.3, -0.25) is 4.40 Å². The number of nitrogens with zero attached hydrogens (tertiary/aromatic N) is 2. The second-order valence-corrected chi connectivity index (χ2v) is 6.76. The second-order valence-electron chi connectivity index (χ2n) is 6.01. The molecule has 0 amide bonds. The van der Waals surface area contributed by atoms with Crippen LogP contribution in [0.2, 0.25) is 0 Å². The van der Waals surface area contributed by atoms with Crippen molar-refractivity contribution in [2.75, 3.05) is 0 Å². The molecular formula is C17H17BrN2. The van der Waals surface area contributed by atoms with Gasteiger partial charge in [-0.15, -0.1) is 0 Å². The number of imidazole rings is 1.